The largest absolute Gasteiger partial charge is 0.472 e. The molecule has 198 valence electrons. The number of carbonyl (C=O) groups excluding carboxylic acids is 2. The molecule has 11 heteroatoms. The molecule has 3 rings (SSSR count). The Bertz CT molecular complexity index is 1200. The molecular weight excluding hydrogens is 486 g/mol. The second-order valence-electron chi connectivity index (χ2n) is 8.87. The quantitative estimate of drug-likeness (QED) is 0.573. The summed E-state index contributed by atoms with van der Waals surface area (Å²) in [6, 6.07) is 3.19. The number of carbonyl (C=O) groups is 2. The standard InChI is InChI=1S/C26H30F2N4O5/c1-16-13-32(17(2)15-33)25(34)20-10-18(6-5-9-36-4)12-29-24(20)37-23(16)14-31(3)26(35)30-22-11-19(27)7-8-21(22)28/h7-8,10-12,16-17,23,33H,9,13-15H2,1-4H3,(H,30,35)/t16-,17+,23-/m0/s1. The van der Waals surface area contributed by atoms with Crippen molar-refractivity contribution in [3.63, 3.8) is 0 Å². The molecule has 0 fully saturated rings. The molecule has 3 amide bonds. The Morgan fingerprint density at radius 1 is 1.41 bits per heavy atom. The van der Waals surface area contributed by atoms with Crippen LogP contribution in [0.1, 0.15) is 29.8 Å². The number of anilines is 1. The molecule has 1 aliphatic heterocycles. The van der Waals surface area contributed by atoms with Crippen molar-refractivity contribution >= 4 is 17.6 Å². The van der Waals surface area contributed by atoms with Crippen LogP contribution in [0.5, 0.6) is 5.88 Å². The summed E-state index contributed by atoms with van der Waals surface area (Å²) in [5.74, 6) is 3.65. The molecule has 2 heterocycles. The SMILES string of the molecule is COCC#Cc1cnc2c(c1)C(=O)N([C@H](C)CO)C[C@H](C)[C@H](CN(C)C(=O)Nc1cc(F)ccc1F)O2. The fraction of sp³-hybridized carbons (Fsp3) is 0.423. The summed E-state index contributed by atoms with van der Waals surface area (Å²) in [5, 5.41) is 12.1. The van der Waals surface area contributed by atoms with Crippen LogP contribution >= 0.6 is 0 Å². The first-order chi connectivity index (χ1) is 17.6. The summed E-state index contributed by atoms with van der Waals surface area (Å²) in [4.78, 5) is 33.3. The van der Waals surface area contributed by atoms with Gasteiger partial charge in [0.1, 0.15) is 29.9 Å². The Morgan fingerprint density at radius 2 is 2.16 bits per heavy atom. The van der Waals surface area contributed by atoms with Gasteiger partial charge >= 0.3 is 6.03 Å². The van der Waals surface area contributed by atoms with Crippen molar-refractivity contribution in [1.82, 2.24) is 14.8 Å². The van der Waals surface area contributed by atoms with Crippen LogP contribution in [0.3, 0.4) is 0 Å². The fourth-order valence-corrected chi connectivity index (χ4v) is 3.76. The van der Waals surface area contributed by atoms with E-state index in [1.807, 2.05) is 6.92 Å². The topological polar surface area (TPSA) is 104 Å². The van der Waals surface area contributed by atoms with Crippen LogP contribution in [0.15, 0.2) is 30.5 Å². The van der Waals surface area contributed by atoms with E-state index in [0.29, 0.717) is 5.56 Å². The van der Waals surface area contributed by atoms with Gasteiger partial charge in [-0.05, 0) is 25.1 Å². The lowest BCUT2D eigenvalue weighted by Crippen LogP contribution is -2.50. The molecule has 0 spiro atoms. The van der Waals surface area contributed by atoms with E-state index in [2.05, 4.69) is 22.1 Å². The third-order valence-electron chi connectivity index (χ3n) is 5.94. The summed E-state index contributed by atoms with van der Waals surface area (Å²) in [6.45, 7) is 3.83. The zero-order valence-corrected chi connectivity index (χ0v) is 21.1. The summed E-state index contributed by atoms with van der Waals surface area (Å²) in [5.41, 5.74) is 0.379. The number of ether oxygens (including phenoxy) is 2. The predicted octanol–water partition coefficient (Wildman–Crippen LogP) is 2.74. The number of amides is 3. The van der Waals surface area contributed by atoms with Crippen LogP contribution in [-0.2, 0) is 4.74 Å². The minimum Gasteiger partial charge on any atom is -0.472 e. The van der Waals surface area contributed by atoms with Crippen LogP contribution in [0.25, 0.3) is 0 Å². The summed E-state index contributed by atoms with van der Waals surface area (Å²) in [6.07, 6.45) is 0.854. The first-order valence-electron chi connectivity index (χ1n) is 11.7. The predicted molar refractivity (Wildman–Crippen MR) is 132 cm³/mol. The zero-order valence-electron chi connectivity index (χ0n) is 21.1. The van der Waals surface area contributed by atoms with Crippen molar-refractivity contribution < 1.29 is 33.0 Å². The molecule has 0 aliphatic carbocycles. The Hall–Kier alpha value is -3.75. The Balaban J connectivity index is 1.88. The number of urea groups is 1. The number of nitrogens with zero attached hydrogens (tertiary/aromatic N) is 3. The second-order valence-corrected chi connectivity index (χ2v) is 8.87. The molecule has 0 bridgehead atoms. The van der Waals surface area contributed by atoms with Crippen molar-refractivity contribution in [2.75, 3.05) is 45.8 Å². The molecule has 2 aromatic rings. The van der Waals surface area contributed by atoms with Gasteiger partial charge in [-0.15, -0.1) is 0 Å². The molecule has 1 aliphatic rings. The number of methoxy groups -OCH3 is 1. The third kappa shape index (κ3) is 6.93. The van der Waals surface area contributed by atoms with Crippen molar-refractivity contribution in [3.8, 4) is 17.7 Å². The highest BCUT2D eigenvalue weighted by molar-refractivity contribution is 5.97. The van der Waals surface area contributed by atoms with E-state index in [-0.39, 0.29) is 55.3 Å². The highest BCUT2D eigenvalue weighted by Crippen LogP contribution is 2.27. The highest BCUT2D eigenvalue weighted by atomic mass is 19.1. The maximum atomic E-state index is 14.0. The van der Waals surface area contributed by atoms with E-state index in [1.54, 1.807) is 13.0 Å². The summed E-state index contributed by atoms with van der Waals surface area (Å²) in [7, 11) is 3.01. The number of aromatic nitrogens is 1. The molecule has 1 aromatic carbocycles. The molecule has 1 aromatic heterocycles. The maximum absolute atomic E-state index is 14.0. The zero-order chi connectivity index (χ0) is 27.1. The Labute approximate surface area is 214 Å². The molecular formula is C26H30F2N4O5. The van der Waals surface area contributed by atoms with Crippen LogP contribution in [0.4, 0.5) is 19.3 Å². The van der Waals surface area contributed by atoms with Crippen molar-refractivity contribution in [2.24, 2.45) is 5.92 Å². The first-order valence-corrected chi connectivity index (χ1v) is 11.7. The normalized spacial score (nSPS) is 17.9. The van der Waals surface area contributed by atoms with Gasteiger partial charge in [0.15, 0.2) is 0 Å². The van der Waals surface area contributed by atoms with E-state index in [4.69, 9.17) is 9.47 Å². The van der Waals surface area contributed by atoms with Gasteiger partial charge in [0.25, 0.3) is 5.91 Å². The molecule has 2 N–H and O–H groups in total. The molecule has 9 nitrogen and oxygen atoms in total. The number of nitrogens with one attached hydrogen (secondary N) is 1. The van der Waals surface area contributed by atoms with E-state index in [9.17, 15) is 23.5 Å². The number of aliphatic hydroxyl groups is 1. The van der Waals surface area contributed by atoms with Gasteiger partial charge in [0, 0.05) is 44.4 Å². The average molecular weight is 517 g/mol. The Morgan fingerprint density at radius 3 is 2.86 bits per heavy atom. The van der Waals surface area contributed by atoms with Crippen LogP contribution < -0.4 is 10.1 Å². The van der Waals surface area contributed by atoms with Gasteiger partial charge in [-0.1, -0.05) is 18.8 Å². The number of halogens is 2. The van der Waals surface area contributed by atoms with Crippen LogP contribution in [-0.4, -0.2) is 84.4 Å². The van der Waals surface area contributed by atoms with Gasteiger partial charge in [-0.2, -0.15) is 0 Å². The van der Waals surface area contributed by atoms with Gasteiger partial charge < -0.3 is 29.7 Å². The summed E-state index contributed by atoms with van der Waals surface area (Å²) >= 11 is 0. The molecule has 0 saturated heterocycles. The van der Waals surface area contributed by atoms with Crippen molar-refractivity contribution in [2.45, 2.75) is 26.0 Å². The monoisotopic (exact) mass is 516 g/mol. The van der Waals surface area contributed by atoms with E-state index in [1.165, 1.54) is 30.2 Å². The maximum Gasteiger partial charge on any atom is 0.321 e. The fourth-order valence-electron chi connectivity index (χ4n) is 3.76. The number of hydrogen-bond donors (Lipinski definition) is 2. The van der Waals surface area contributed by atoms with Gasteiger partial charge in [-0.25, -0.2) is 18.6 Å². The number of rotatable bonds is 6. The molecule has 0 saturated carbocycles. The number of benzene rings is 1. The second kappa shape index (κ2) is 12.5. The third-order valence-corrected chi connectivity index (χ3v) is 5.94. The lowest BCUT2D eigenvalue weighted by Gasteiger charge is -2.37. The number of likely N-dealkylation sites (N-methyl/N-ethyl adjacent to an activating group) is 1. The van der Waals surface area contributed by atoms with E-state index in [0.717, 1.165) is 18.2 Å². The highest BCUT2D eigenvalue weighted by Gasteiger charge is 2.34. The first kappa shape index (κ1) is 27.8. The lowest BCUT2D eigenvalue weighted by atomic mass is 10.00. The minimum absolute atomic E-state index is 0.0516. The summed E-state index contributed by atoms with van der Waals surface area (Å²) < 4.78 is 38.5. The average Bonchev–Trinajstić information content (AvgIpc) is 2.88. The molecule has 37 heavy (non-hydrogen) atoms. The van der Waals surface area contributed by atoms with Gasteiger partial charge in [-0.3, -0.25) is 4.79 Å². The number of pyridine rings is 1. The molecule has 0 unspecified atom stereocenters. The van der Waals surface area contributed by atoms with Crippen molar-refractivity contribution in [1.29, 1.82) is 0 Å². The smallest absolute Gasteiger partial charge is 0.321 e. The van der Waals surface area contributed by atoms with E-state index >= 15 is 0 Å². The Kier molecular flexibility index (Phi) is 9.38. The van der Waals surface area contributed by atoms with Crippen LogP contribution in [0, 0.1) is 29.4 Å². The lowest BCUT2D eigenvalue weighted by molar-refractivity contribution is 0.0356. The van der Waals surface area contributed by atoms with Crippen molar-refractivity contribution in [3.05, 3.63) is 53.2 Å². The van der Waals surface area contributed by atoms with Gasteiger partial charge in [0.2, 0.25) is 5.88 Å². The van der Waals surface area contributed by atoms with E-state index < -0.39 is 29.8 Å². The molecule has 0 radical (unpaired) electrons. The minimum atomic E-state index is -0.770. The number of aliphatic hydroxyl groups excluding tert-OH is 1. The molecule has 3 atom stereocenters. The number of fused-ring (bicyclic) bond motifs is 1. The van der Waals surface area contributed by atoms with Gasteiger partial charge in [0.05, 0.1) is 24.9 Å². The van der Waals surface area contributed by atoms with Crippen LogP contribution in [0.2, 0.25) is 0 Å². The number of hydrogen-bond acceptors (Lipinski definition) is 6.